The van der Waals surface area contributed by atoms with E-state index in [9.17, 15) is 9.59 Å². The Labute approximate surface area is 183 Å². The van der Waals surface area contributed by atoms with Gasteiger partial charge in [0.15, 0.2) is 5.16 Å². The fraction of sp³-hybridized carbons (Fsp3) is 0.208. The van der Waals surface area contributed by atoms with Crippen LogP contribution in [-0.4, -0.2) is 15.5 Å². The molecule has 2 aromatic carbocycles. The molecule has 0 unspecified atom stereocenters. The van der Waals surface area contributed by atoms with Gasteiger partial charge < -0.3 is 9.73 Å². The Balaban J connectivity index is 1.34. The molecule has 0 spiro atoms. The average Bonchev–Trinajstić information content (AvgIpc) is 3.49. The second kappa shape index (κ2) is 8.43. The smallest absolute Gasteiger partial charge is 0.262 e. The summed E-state index contributed by atoms with van der Waals surface area (Å²) in [4.78, 5) is 30.3. The van der Waals surface area contributed by atoms with Crippen LogP contribution in [-0.2, 0) is 12.3 Å². The van der Waals surface area contributed by atoms with Crippen LogP contribution in [0.25, 0.3) is 10.9 Å². The molecule has 5 rings (SSSR count). The Bertz CT molecular complexity index is 1290. The lowest BCUT2D eigenvalue weighted by molar-refractivity contribution is 0.0948. The molecule has 7 heteroatoms. The van der Waals surface area contributed by atoms with Crippen LogP contribution in [0, 0.1) is 0 Å². The molecule has 1 saturated carbocycles. The molecule has 1 N–H and O–H groups in total. The molecular weight excluding hydrogens is 410 g/mol. The van der Waals surface area contributed by atoms with Crippen molar-refractivity contribution in [1.29, 1.82) is 0 Å². The van der Waals surface area contributed by atoms with Crippen molar-refractivity contribution < 1.29 is 9.21 Å². The lowest BCUT2D eigenvalue weighted by Gasteiger charge is -2.12. The summed E-state index contributed by atoms with van der Waals surface area (Å²) in [5.74, 6) is 1.18. The van der Waals surface area contributed by atoms with Crippen LogP contribution in [0.2, 0.25) is 0 Å². The Morgan fingerprint density at radius 3 is 2.81 bits per heavy atom. The van der Waals surface area contributed by atoms with Crippen molar-refractivity contribution in [3.8, 4) is 0 Å². The highest BCUT2D eigenvalue weighted by atomic mass is 32.2. The number of carbonyl (C=O) groups excluding carboxylic acids is 1. The predicted octanol–water partition coefficient (Wildman–Crippen LogP) is 4.55. The summed E-state index contributed by atoms with van der Waals surface area (Å²) in [5, 5.41) is 4.26. The molecule has 0 atom stereocenters. The number of nitrogens with one attached hydrogen (secondary N) is 1. The highest BCUT2D eigenvalue weighted by Gasteiger charge is 2.28. The van der Waals surface area contributed by atoms with Crippen LogP contribution in [0.4, 0.5) is 0 Å². The molecule has 4 aromatic rings. The van der Waals surface area contributed by atoms with Crippen molar-refractivity contribution in [3.05, 3.63) is 94.2 Å². The molecule has 156 valence electrons. The average molecular weight is 432 g/mol. The molecule has 1 aliphatic carbocycles. The summed E-state index contributed by atoms with van der Waals surface area (Å²) < 4.78 is 7.09. The summed E-state index contributed by atoms with van der Waals surface area (Å²) in [7, 11) is 0. The van der Waals surface area contributed by atoms with E-state index in [-0.39, 0.29) is 17.5 Å². The maximum Gasteiger partial charge on any atom is 0.262 e. The number of fused-ring (bicyclic) bond motifs is 1. The molecule has 2 aromatic heterocycles. The van der Waals surface area contributed by atoms with E-state index in [0.29, 0.717) is 29.0 Å². The molecular formula is C24H21N3O3S. The first-order chi connectivity index (χ1) is 15.2. The van der Waals surface area contributed by atoms with Gasteiger partial charge in [-0.05, 0) is 54.8 Å². The second-order valence-electron chi connectivity index (χ2n) is 7.57. The number of nitrogens with zero attached hydrogens (tertiary/aromatic N) is 2. The first-order valence-electron chi connectivity index (χ1n) is 10.2. The third kappa shape index (κ3) is 4.27. The molecule has 31 heavy (non-hydrogen) atoms. The van der Waals surface area contributed by atoms with E-state index in [1.165, 1.54) is 11.8 Å². The van der Waals surface area contributed by atoms with Gasteiger partial charge in [-0.3, -0.25) is 14.2 Å². The number of carbonyl (C=O) groups is 1. The van der Waals surface area contributed by atoms with E-state index < -0.39 is 0 Å². The minimum absolute atomic E-state index is 0.0293. The van der Waals surface area contributed by atoms with Gasteiger partial charge in [0.25, 0.3) is 11.5 Å². The zero-order chi connectivity index (χ0) is 21.2. The number of aromatic nitrogens is 2. The zero-order valence-corrected chi connectivity index (χ0v) is 17.6. The van der Waals surface area contributed by atoms with Gasteiger partial charge in [0.1, 0.15) is 5.76 Å². The first-order valence-corrected chi connectivity index (χ1v) is 11.2. The fourth-order valence-electron chi connectivity index (χ4n) is 3.51. The fourth-order valence-corrected chi connectivity index (χ4v) is 4.52. The molecule has 1 fully saturated rings. The normalized spacial score (nSPS) is 13.4. The number of hydrogen-bond donors (Lipinski definition) is 1. The van der Waals surface area contributed by atoms with Crippen molar-refractivity contribution in [1.82, 2.24) is 14.9 Å². The standard InChI is InChI=1S/C24H21N3O3S/c28-22(25-14-19-7-4-12-30-19)17-6-3-5-16(13-17)15-31-24-26-21-9-2-1-8-20(21)23(29)27(24)18-10-11-18/h1-9,12-13,18H,10-11,14-15H2,(H,25,28). The molecule has 0 saturated heterocycles. The van der Waals surface area contributed by atoms with Gasteiger partial charge in [-0.1, -0.05) is 36.0 Å². The minimum Gasteiger partial charge on any atom is -0.467 e. The number of furan rings is 1. The number of thioether (sulfide) groups is 1. The zero-order valence-electron chi connectivity index (χ0n) is 16.8. The number of rotatable bonds is 7. The van der Waals surface area contributed by atoms with E-state index in [2.05, 4.69) is 5.32 Å². The van der Waals surface area contributed by atoms with Gasteiger partial charge in [-0.15, -0.1) is 0 Å². The Hall–Kier alpha value is -3.32. The third-order valence-corrected chi connectivity index (χ3v) is 6.27. The topological polar surface area (TPSA) is 77.1 Å². The number of benzene rings is 2. The predicted molar refractivity (Wildman–Crippen MR) is 120 cm³/mol. The van der Waals surface area contributed by atoms with Crippen LogP contribution in [0.5, 0.6) is 0 Å². The highest BCUT2D eigenvalue weighted by molar-refractivity contribution is 7.98. The lowest BCUT2D eigenvalue weighted by Crippen LogP contribution is -2.22. The van der Waals surface area contributed by atoms with Crippen LogP contribution in [0.1, 0.15) is 40.6 Å². The maximum atomic E-state index is 13.0. The Morgan fingerprint density at radius 1 is 1.13 bits per heavy atom. The first kappa shape index (κ1) is 19.6. The van der Waals surface area contributed by atoms with Gasteiger partial charge >= 0.3 is 0 Å². The molecule has 2 heterocycles. The summed E-state index contributed by atoms with van der Waals surface area (Å²) in [6.07, 6.45) is 3.61. The molecule has 0 radical (unpaired) electrons. The van der Waals surface area contributed by atoms with Gasteiger partial charge in [0, 0.05) is 17.4 Å². The van der Waals surface area contributed by atoms with Crippen LogP contribution in [0.3, 0.4) is 0 Å². The van der Waals surface area contributed by atoms with Crippen molar-refractivity contribution in [2.24, 2.45) is 0 Å². The van der Waals surface area contributed by atoms with Crippen molar-refractivity contribution in [2.75, 3.05) is 0 Å². The minimum atomic E-state index is -0.151. The summed E-state index contributed by atoms with van der Waals surface area (Å²) in [6, 6.07) is 18.9. The van der Waals surface area contributed by atoms with Crippen molar-refractivity contribution in [3.63, 3.8) is 0 Å². The molecule has 1 amide bonds. The third-order valence-electron chi connectivity index (χ3n) is 5.25. The van der Waals surface area contributed by atoms with Crippen LogP contribution < -0.4 is 10.9 Å². The highest BCUT2D eigenvalue weighted by Crippen LogP contribution is 2.37. The van der Waals surface area contributed by atoms with E-state index in [0.717, 1.165) is 29.1 Å². The van der Waals surface area contributed by atoms with Gasteiger partial charge in [-0.2, -0.15) is 0 Å². The summed E-state index contributed by atoms with van der Waals surface area (Å²) >= 11 is 1.53. The largest absolute Gasteiger partial charge is 0.467 e. The SMILES string of the molecule is O=C(NCc1ccco1)c1cccc(CSc2nc3ccccc3c(=O)n2C2CC2)c1. The van der Waals surface area contributed by atoms with Crippen molar-refractivity contribution in [2.45, 2.75) is 36.3 Å². The quantitative estimate of drug-likeness (QED) is 0.343. The molecule has 6 nitrogen and oxygen atoms in total. The number of amides is 1. The van der Waals surface area contributed by atoms with Gasteiger partial charge in [-0.25, -0.2) is 4.98 Å². The van der Waals surface area contributed by atoms with Crippen LogP contribution in [0.15, 0.2) is 81.3 Å². The molecule has 0 aliphatic heterocycles. The number of para-hydroxylation sites is 1. The lowest BCUT2D eigenvalue weighted by atomic mass is 10.1. The Kier molecular flexibility index (Phi) is 5.34. The van der Waals surface area contributed by atoms with E-state index in [4.69, 9.17) is 9.40 Å². The van der Waals surface area contributed by atoms with Crippen LogP contribution >= 0.6 is 11.8 Å². The monoisotopic (exact) mass is 431 g/mol. The Morgan fingerprint density at radius 2 is 2.00 bits per heavy atom. The second-order valence-corrected chi connectivity index (χ2v) is 8.51. The number of hydrogen-bond acceptors (Lipinski definition) is 5. The molecule has 0 bridgehead atoms. The summed E-state index contributed by atoms with van der Waals surface area (Å²) in [6.45, 7) is 0.347. The van der Waals surface area contributed by atoms with E-state index in [1.807, 2.05) is 53.1 Å². The van der Waals surface area contributed by atoms with E-state index >= 15 is 0 Å². The van der Waals surface area contributed by atoms with Gasteiger partial charge in [0.05, 0.1) is 23.7 Å². The maximum absolute atomic E-state index is 13.0. The molecule has 1 aliphatic rings. The van der Waals surface area contributed by atoms with Crippen molar-refractivity contribution >= 4 is 28.6 Å². The van der Waals surface area contributed by atoms with Gasteiger partial charge in [0.2, 0.25) is 0 Å². The summed E-state index contributed by atoms with van der Waals surface area (Å²) in [5.41, 5.74) is 2.34. The van der Waals surface area contributed by atoms with E-state index in [1.54, 1.807) is 18.4 Å².